The number of aliphatic hydroxyl groups excluding tert-OH is 2. The predicted molar refractivity (Wildman–Crippen MR) is 462 cm³/mol. The first-order valence-electron chi connectivity index (χ1n) is 45.5. The number of hydrogen-bond donors (Lipinski definition) is 2. The second-order valence-corrected chi connectivity index (χ2v) is 41.6. The number of allylic oxidation sites excluding steroid dienone is 14. The highest BCUT2D eigenvalue weighted by Gasteiger charge is 2.63. The van der Waals surface area contributed by atoms with Crippen LogP contribution in [0.4, 0.5) is 0 Å². The van der Waals surface area contributed by atoms with E-state index >= 15 is 0 Å². The van der Waals surface area contributed by atoms with Crippen molar-refractivity contribution in [2.24, 2.45) is 114 Å². The average molecular weight is 1550 g/mol. The summed E-state index contributed by atoms with van der Waals surface area (Å²) >= 11 is 0. The summed E-state index contributed by atoms with van der Waals surface area (Å²) in [4.78, 5) is 33.4. The number of hydrogen-bond acceptors (Lipinski definition) is 10. The quantitative estimate of drug-likeness (QED) is 0.162. The Kier molecular flexibility index (Phi) is 18.0. The van der Waals surface area contributed by atoms with E-state index in [2.05, 4.69) is 220 Å². The number of benzene rings is 4. The molecule has 116 heavy (non-hydrogen) atoms. The molecule has 0 aliphatic heterocycles. The molecule has 8 aromatic rings. The summed E-state index contributed by atoms with van der Waals surface area (Å²) in [5.41, 5.74) is 22.5. The van der Waals surface area contributed by atoms with E-state index in [1.54, 1.807) is 11.1 Å². The molecule has 0 bridgehead atoms. The van der Waals surface area contributed by atoms with Crippen LogP contribution in [0.3, 0.4) is 0 Å². The highest BCUT2D eigenvalue weighted by Crippen LogP contribution is 2.71. The number of aliphatic hydroxyl groups is 2. The van der Waals surface area contributed by atoms with Crippen LogP contribution in [-0.4, -0.2) is 83.1 Å². The first-order chi connectivity index (χ1) is 56.0. The molecule has 24 rings (SSSR count). The molecule has 0 spiro atoms. The Morgan fingerprint density at radius 1 is 0.319 bits per heavy atom. The van der Waals surface area contributed by atoms with E-state index in [0.717, 1.165) is 170 Å². The molecule has 12 unspecified atom stereocenters. The topological polar surface area (TPSA) is 172 Å². The minimum Gasteiger partial charge on any atom is -0.393 e. The van der Waals surface area contributed by atoms with Gasteiger partial charge in [-0.15, -0.1) is 10.2 Å². The number of carbonyl (C=O) groups is 2. The summed E-state index contributed by atoms with van der Waals surface area (Å²) in [6.45, 7) is 19.9. The number of fused-ring (bicyclic) bond motifs is 24. The SMILES string of the molecule is C[C@]12CCC(=O)C=C1CCC1C2CC[C@]2(C)C(n3cnc4ccccc43)=CCC12.C[C@]12CCC(=O)C=C1CCC1C2CC[C@]2(C)C(n3nnc4ccccc43)=CCC12.C[C@]12CC[C@H](O)CC1=CCC1C2CC[C@]2(C)C(n3cnc4ccccc43)=CCC12.C[C@]12CC[C@H](O)CC1=CCC1C2CC[C@]2(C)C(n3nnc4ccccc43)=CCC12. The fraction of sp³-hybridized carbons (Fsp3) is 0.569. The number of para-hydroxylation sites is 6. The molecule has 0 saturated heterocycles. The molecule has 0 amide bonds. The maximum Gasteiger partial charge on any atom is 0.155 e. The zero-order valence-corrected chi connectivity index (χ0v) is 70.1. The van der Waals surface area contributed by atoms with Gasteiger partial charge < -0.3 is 19.3 Å². The van der Waals surface area contributed by atoms with Gasteiger partial charge in [0.1, 0.15) is 23.7 Å². The fourth-order valence-corrected chi connectivity index (χ4v) is 30.4. The molecule has 14 nitrogen and oxygen atoms in total. The molecular formula is C102H122N10O4. The third-order valence-corrected chi connectivity index (χ3v) is 36.8. The maximum absolute atomic E-state index is 12.0. The summed E-state index contributed by atoms with van der Waals surface area (Å²) < 4.78 is 8.98. The van der Waals surface area contributed by atoms with E-state index in [9.17, 15) is 19.8 Å². The van der Waals surface area contributed by atoms with Crippen molar-refractivity contribution in [1.29, 1.82) is 0 Å². The highest BCUT2D eigenvalue weighted by atomic mass is 16.3. The summed E-state index contributed by atoms with van der Waals surface area (Å²) in [6, 6.07) is 33.6. The fourth-order valence-electron chi connectivity index (χ4n) is 30.4. The second kappa shape index (κ2) is 27.7. The molecule has 14 heteroatoms. The van der Waals surface area contributed by atoms with Crippen molar-refractivity contribution in [3.63, 3.8) is 0 Å². The van der Waals surface area contributed by atoms with E-state index in [0.29, 0.717) is 46.1 Å². The van der Waals surface area contributed by atoms with Gasteiger partial charge >= 0.3 is 0 Å². The molecule has 4 aromatic carbocycles. The Labute approximate surface area is 685 Å². The Balaban J connectivity index is 0.0000000966. The predicted octanol–water partition coefficient (Wildman–Crippen LogP) is 22.4. The zero-order valence-electron chi connectivity index (χ0n) is 70.1. The molecule has 4 aromatic heterocycles. The van der Waals surface area contributed by atoms with Crippen LogP contribution >= 0.6 is 0 Å². The molecule has 16 aliphatic carbocycles. The lowest BCUT2D eigenvalue weighted by atomic mass is 9.47. The first-order valence-corrected chi connectivity index (χ1v) is 45.5. The Bertz CT molecular complexity index is 5240. The van der Waals surface area contributed by atoms with Crippen LogP contribution in [0, 0.1) is 114 Å². The lowest BCUT2D eigenvalue weighted by Crippen LogP contribution is -2.50. The van der Waals surface area contributed by atoms with Gasteiger partial charge in [-0.25, -0.2) is 19.3 Å². The van der Waals surface area contributed by atoms with Gasteiger partial charge in [-0.3, -0.25) is 9.59 Å². The summed E-state index contributed by atoms with van der Waals surface area (Å²) in [6.07, 6.45) is 54.4. The molecule has 2 N–H and O–H groups in total. The highest BCUT2D eigenvalue weighted by molar-refractivity contribution is 5.92. The second-order valence-electron chi connectivity index (χ2n) is 41.6. The number of imidazole rings is 2. The van der Waals surface area contributed by atoms with Crippen LogP contribution in [-0.2, 0) is 9.59 Å². The van der Waals surface area contributed by atoms with Gasteiger partial charge in [0.05, 0.1) is 45.3 Å². The van der Waals surface area contributed by atoms with Gasteiger partial charge in [-0.1, -0.05) is 173 Å². The molecular weight excluding hydrogens is 1430 g/mol. The monoisotopic (exact) mass is 1550 g/mol. The van der Waals surface area contributed by atoms with Crippen molar-refractivity contribution in [1.82, 2.24) is 49.1 Å². The van der Waals surface area contributed by atoms with E-state index in [-0.39, 0.29) is 44.7 Å². The zero-order chi connectivity index (χ0) is 79.2. The van der Waals surface area contributed by atoms with Crippen LogP contribution in [0.1, 0.15) is 235 Å². The minimum atomic E-state index is -0.125. The Morgan fingerprint density at radius 2 is 0.647 bits per heavy atom. The van der Waals surface area contributed by atoms with Crippen LogP contribution in [0.15, 0.2) is 181 Å². The van der Waals surface area contributed by atoms with Crippen molar-refractivity contribution < 1.29 is 19.8 Å². The lowest BCUT2D eigenvalue weighted by molar-refractivity contribution is -0.117. The van der Waals surface area contributed by atoms with Gasteiger partial charge in [0.25, 0.3) is 0 Å². The van der Waals surface area contributed by atoms with E-state index in [4.69, 9.17) is 0 Å². The average Bonchev–Trinajstić information content (AvgIpc) is 1.49. The van der Waals surface area contributed by atoms with Gasteiger partial charge in [0.2, 0.25) is 0 Å². The summed E-state index contributed by atoms with van der Waals surface area (Å²) in [5.74, 6) is 9.50. The molecule has 0 radical (unpaired) electrons. The molecule has 4 heterocycles. The lowest BCUT2D eigenvalue weighted by Gasteiger charge is -2.57. The number of aromatic nitrogens is 10. The standard InChI is InChI=1S/C26H32N2O.C26H30N2O.C25H31N3O.C25H29N3O/c2*1-25-13-11-18(29)15-17(25)7-8-19-20-9-10-24(26(20,2)14-12-21(19)25)28-16-27-22-5-3-4-6-23(22)28;2*1-24-13-11-17(29)15-16(24)7-8-18-19-9-10-23(25(19,2)14-12-20(18)24)28-22-6-4-3-5-21(22)26-27-28/h3-7,10,16,18-21,29H,8-9,11-15H2,1-2H3;3-6,10,15-16,19-21H,7-9,11-14H2,1-2H3;3-7,10,17-20,29H,8-9,11-15H2,1-2H3;3-6,10,15,18-20H,7-9,11-14H2,1-2H3/t18-,19?,20?,21?,25-,26-;19?,20?,21?,25-,26-;17-,18?,19?,20?,24-,25-;18?,19?,20?,24-,25-/m0000/s1. The van der Waals surface area contributed by atoms with Gasteiger partial charge in [0.15, 0.2) is 11.6 Å². The van der Waals surface area contributed by atoms with Crippen molar-refractivity contribution >= 4 is 78.5 Å². The first kappa shape index (κ1) is 75.3. The molecule has 8 fully saturated rings. The van der Waals surface area contributed by atoms with Crippen LogP contribution in [0.2, 0.25) is 0 Å². The third-order valence-electron chi connectivity index (χ3n) is 36.8. The van der Waals surface area contributed by atoms with Crippen molar-refractivity contribution in [2.75, 3.05) is 0 Å². The molecule has 22 atom stereocenters. The van der Waals surface area contributed by atoms with Gasteiger partial charge in [-0.05, 0) is 320 Å². The number of nitrogens with zero attached hydrogens (tertiary/aromatic N) is 10. The van der Waals surface area contributed by atoms with E-state index in [1.807, 2.05) is 43.0 Å². The third kappa shape index (κ3) is 11.4. The molecule has 16 aliphatic rings. The molecule has 604 valence electrons. The number of carbonyl (C=O) groups excluding carboxylic acids is 2. The van der Waals surface area contributed by atoms with Gasteiger partial charge in [-0.2, -0.15) is 0 Å². The summed E-state index contributed by atoms with van der Waals surface area (Å²) in [7, 11) is 0. The minimum absolute atomic E-state index is 0.117. The van der Waals surface area contributed by atoms with Crippen molar-refractivity contribution in [3.8, 4) is 0 Å². The maximum atomic E-state index is 12.0. The van der Waals surface area contributed by atoms with Gasteiger partial charge in [0, 0.05) is 57.3 Å². The van der Waals surface area contributed by atoms with Crippen LogP contribution in [0.5, 0.6) is 0 Å². The van der Waals surface area contributed by atoms with Crippen molar-refractivity contribution in [3.05, 3.63) is 181 Å². The Hall–Kier alpha value is -8.20. The largest absolute Gasteiger partial charge is 0.393 e. The van der Waals surface area contributed by atoms with Crippen LogP contribution < -0.4 is 0 Å². The van der Waals surface area contributed by atoms with E-state index < -0.39 is 0 Å². The Morgan fingerprint density at radius 3 is 1.05 bits per heavy atom. The van der Waals surface area contributed by atoms with Crippen LogP contribution in [0.25, 0.3) is 66.9 Å². The van der Waals surface area contributed by atoms with Crippen molar-refractivity contribution in [2.45, 2.75) is 247 Å². The number of ketones is 2. The van der Waals surface area contributed by atoms with E-state index in [1.165, 1.54) is 135 Å². The smallest absolute Gasteiger partial charge is 0.155 e. The normalized spacial score (nSPS) is 40.1. The molecule has 8 saturated carbocycles. The number of rotatable bonds is 4. The summed E-state index contributed by atoms with van der Waals surface area (Å²) in [5, 5.41) is 38.4.